The fourth-order valence-electron chi connectivity index (χ4n) is 1.83. The van der Waals surface area contributed by atoms with Crippen molar-refractivity contribution in [2.45, 2.75) is 6.54 Å². The number of ether oxygens (including phenoxy) is 1. The summed E-state index contributed by atoms with van der Waals surface area (Å²) in [6.45, 7) is 4.24. The molecular weight excluding hydrogens is 238 g/mol. The third-order valence-electron chi connectivity index (χ3n) is 2.88. The van der Waals surface area contributed by atoms with E-state index in [0.29, 0.717) is 6.54 Å². The van der Waals surface area contributed by atoms with Crippen molar-refractivity contribution in [3.8, 4) is 5.75 Å². The first-order valence-electron chi connectivity index (χ1n) is 6.05. The minimum absolute atomic E-state index is 0.0674. The molecule has 2 rings (SSSR count). The molecule has 0 spiro atoms. The summed E-state index contributed by atoms with van der Waals surface area (Å²) < 4.78 is 5.12. The van der Waals surface area contributed by atoms with Gasteiger partial charge in [-0.25, -0.2) is 0 Å². The number of aliphatic hydroxyl groups is 1. The van der Waals surface area contributed by atoms with E-state index in [0.717, 1.165) is 22.6 Å². The van der Waals surface area contributed by atoms with Gasteiger partial charge in [-0.3, -0.25) is 0 Å². The molecule has 0 aromatic heterocycles. The second kappa shape index (κ2) is 5.96. The molecule has 0 unspecified atom stereocenters. The summed E-state index contributed by atoms with van der Waals surface area (Å²) in [5, 5.41) is 12.8. The van der Waals surface area contributed by atoms with E-state index in [9.17, 15) is 5.11 Å². The van der Waals surface area contributed by atoms with Crippen LogP contribution in [-0.4, -0.2) is 12.2 Å². The molecule has 2 N–H and O–H groups in total. The third kappa shape index (κ3) is 3.28. The third-order valence-corrected chi connectivity index (χ3v) is 2.88. The summed E-state index contributed by atoms with van der Waals surface area (Å²) in [6, 6.07) is 15.4. The maximum Gasteiger partial charge on any atom is 0.118 e. The van der Waals surface area contributed by atoms with Crippen LogP contribution >= 0.6 is 0 Å². The fraction of sp³-hybridized carbons (Fsp3) is 0.125. The molecule has 0 saturated carbocycles. The molecule has 0 bridgehead atoms. The Labute approximate surface area is 113 Å². The van der Waals surface area contributed by atoms with E-state index in [1.165, 1.54) is 0 Å². The number of methoxy groups -OCH3 is 1. The number of rotatable bonds is 5. The molecule has 0 radical (unpaired) electrons. The van der Waals surface area contributed by atoms with Gasteiger partial charge in [0.2, 0.25) is 0 Å². The summed E-state index contributed by atoms with van der Waals surface area (Å²) in [5.41, 5.74) is 2.72. The lowest BCUT2D eigenvalue weighted by molar-refractivity contribution is 0.414. The maximum atomic E-state index is 9.52. The first-order valence-corrected chi connectivity index (χ1v) is 6.05. The molecule has 3 heteroatoms. The smallest absolute Gasteiger partial charge is 0.118 e. The minimum Gasteiger partial charge on any atom is -0.508 e. The molecular formula is C16H17NO2. The van der Waals surface area contributed by atoms with Gasteiger partial charge in [0, 0.05) is 17.8 Å². The average Bonchev–Trinajstić information content (AvgIpc) is 2.46. The Morgan fingerprint density at radius 2 is 1.84 bits per heavy atom. The summed E-state index contributed by atoms with van der Waals surface area (Å²) in [7, 11) is 1.65. The van der Waals surface area contributed by atoms with Crippen molar-refractivity contribution in [3.05, 3.63) is 66.2 Å². The highest BCUT2D eigenvalue weighted by atomic mass is 16.5. The minimum atomic E-state index is 0.0674. The van der Waals surface area contributed by atoms with Crippen LogP contribution < -0.4 is 10.1 Å². The van der Waals surface area contributed by atoms with E-state index in [-0.39, 0.29) is 5.76 Å². The number of para-hydroxylation sites is 1. The molecule has 0 aliphatic carbocycles. The van der Waals surface area contributed by atoms with E-state index >= 15 is 0 Å². The number of aliphatic hydroxyl groups excluding tert-OH is 1. The van der Waals surface area contributed by atoms with Crippen LogP contribution in [0.1, 0.15) is 11.1 Å². The molecule has 3 nitrogen and oxygen atoms in total. The number of nitrogens with one attached hydrogen (secondary N) is 1. The van der Waals surface area contributed by atoms with Crippen molar-refractivity contribution < 1.29 is 9.84 Å². The van der Waals surface area contributed by atoms with Crippen LogP contribution in [-0.2, 0) is 6.54 Å². The zero-order valence-electron chi connectivity index (χ0n) is 10.9. The Morgan fingerprint density at radius 3 is 2.47 bits per heavy atom. The molecule has 0 amide bonds. The van der Waals surface area contributed by atoms with Crippen molar-refractivity contribution in [2.75, 3.05) is 12.4 Å². The van der Waals surface area contributed by atoms with E-state index in [4.69, 9.17) is 4.74 Å². The Hall–Kier alpha value is -2.42. The van der Waals surface area contributed by atoms with Crippen LogP contribution in [0.4, 0.5) is 5.69 Å². The van der Waals surface area contributed by atoms with E-state index in [2.05, 4.69) is 11.9 Å². The van der Waals surface area contributed by atoms with Crippen molar-refractivity contribution in [1.29, 1.82) is 0 Å². The largest absolute Gasteiger partial charge is 0.508 e. The zero-order valence-corrected chi connectivity index (χ0v) is 10.9. The fourth-order valence-corrected chi connectivity index (χ4v) is 1.83. The Balaban J connectivity index is 2.07. The van der Waals surface area contributed by atoms with Gasteiger partial charge in [0.15, 0.2) is 0 Å². The molecule has 0 aliphatic rings. The summed E-state index contributed by atoms with van der Waals surface area (Å²) in [4.78, 5) is 0. The topological polar surface area (TPSA) is 41.5 Å². The SMILES string of the molecule is C=C(O)c1ccccc1NCc1ccc(OC)cc1. The molecule has 19 heavy (non-hydrogen) atoms. The van der Waals surface area contributed by atoms with E-state index < -0.39 is 0 Å². The van der Waals surface area contributed by atoms with Crippen LogP contribution in [0.5, 0.6) is 5.75 Å². The van der Waals surface area contributed by atoms with Crippen molar-refractivity contribution in [1.82, 2.24) is 0 Å². The number of benzene rings is 2. The van der Waals surface area contributed by atoms with Crippen LogP contribution in [0.15, 0.2) is 55.1 Å². The molecule has 2 aromatic carbocycles. The second-order valence-corrected chi connectivity index (χ2v) is 4.19. The van der Waals surface area contributed by atoms with Crippen molar-refractivity contribution in [2.24, 2.45) is 0 Å². The average molecular weight is 255 g/mol. The van der Waals surface area contributed by atoms with Gasteiger partial charge in [0.25, 0.3) is 0 Å². The molecule has 0 heterocycles. The molecule has 0 fully saturated rings. The van der Waals surface area contributed by atoms with Crippen LogP contribution in [0.3, 0.4) is 0 Å². The first-order chi connectivity index (χ1) is 9.20. The van der Waals surface area contributed by atoms with Gasteiger partial charge in [-0.2, -0.15) is 0 Å². The summed E-state index contributed by atoms with van der Waals surface area (Å²) >= 11 is 0. The van der Waals surface area contributed by atoms with E-state index in [1.807, 2.05) is 48.5 Å². The summed E-state index contributed by atoms with van der Waals surface area (Å²) in [5.74, 6) is 0.908. The number of anilines is 1. The highest BCUT2D eigenvalue weighted by molar-refractivity contribution is 5.70. The van der Waals surface area contributed by atoms with Crippen LogP contribution in [0.2, 0.25) is 0 Å². The van der Waals surface area contributed by atoms with Crippen LogP contribution in [0.25, 0.3) is 5.76 Å². The molecule has 2 aromatic rings. The van der Waals surface area contributed by atoms with Crippen molar-refractivity contribution in [3.63, 3.8) is 0 Å². The Morgan fingerprint density at radius 1 is 1.16 bits per heavy atom. The highest BCUT2D eigenvalue weighted by Crippen LogP contribution is 2.21. The molecule has 0 aliphatic heterocycles. The zero-order chi connectivity index (χ0) is 13.7. The Kier molecular flexibility index (Phi) is 4.08. The predicted octanol–water partition coefficient (Wildman–Crippen LogP) is 3.84. The predicted molar refractivity (Wildman–Crippen MR) is 78.4 cm³/mol. The maximum absolute atomic E-state index is 9.52. The monoisotopic (exact) mass is 255 g/mol. The lowest BCUT2D eigenvalue weighted by Gasteiger charge is -2.11. The van der Waals surface area contributed by atoms with Gasteiger partial charge in [-0.15, -0.1) is 0 Å². The van der Waals surface area contributed by atoms with Gasteiger partial charge in [-0.05, 0) is 29.8 Å². The van der Waals surface area contributed by atoms with Gasteiger partial charge in [0.05, 0.1) is 7.11 Å². The standard InChI is InChI=1S/C16H17NO2/c1-12(18)15-5-3-4-6-16(15)17-11-13-7-9-14(19-2)10-8-13/h3-10,17-18H,1,11H2,2H3. The van der Waals surface area contributed by atoms with Gasteiger partial charge >= 0.3 is 0 Å². The lowest BCUT2D eigenvalue weighted by atomic mass is 10.1. The highest BCUT2D eigenvalue weighted by Gasteiger charge is 2.03. The second-order valence-electron chi connectivity index (χ2n) is 4.19. The normalized spacial score (nSPS) is 9.95. The van der Waals surface area contributed by atoms with Gasteiger partial charge in [0.1, 0.15) is 11.5 Å². The van der Waals surface area contributed by atoms with Crippen LogP contribution in [0, 0.1) is 0 Å². The number of hydrogen-bond donors (Lipinski definition) is 2. The lowest BCUT2D eigenvalue weighted by Crippen LogP contribution is -2.02. The summed E-state index contributed by atoms with van der Waals surface area (Å²) in [6.07, 6.45) is 0. The number of hydrogen-bond acceptors (Lipinski definition) is 3. The van der Waals surface area contributed by atoms with Gasteiger partial charge in [-0.1, -0.05) is 30.8 Å². The van der Waals surface area contributed by atoms with Crippen molar-refractivity contribution >= 4 is 11.4 Å². The Bertz CT molecular complexity index is 561. The quantitative estimate of drug-likeness (QED) is 0.798. The molecule has 0 saturated heterocycles. The van der Waals surface area contributed by atoms with E-state index in [1.54, 1.807) is 7.11 Å². The first kappa shape index (κ1) is 13.0. The molecule has 98 valence electrons. The molecule has 0 atom stereocenters. The van der Waals surface area contributed by atoms with Gasteiger partial charge < -0.3 is 15.2 Å².